The fourth-order valence-electron chi connectivity index (χ4n) is 4.61. The van der Waals surface area contributed by atoms with Gasteiger partial charge in [-0.1, -0.05) is 33.6 Å². The first kappa shape index (κ1) is 13.4. The van der Waals surface area contributed by atoms with Crippen molar-refractivity contribution in [1.82, 2.24) is 4.90 Å². The lowest BCUT2D eigenvalue weighted by Gasteiger charge is -2.53. The van der Waals surface area contributed by atoms with E-state index in [1.807, 2.05) is 0 Å². The summed E-state index contributed by atoms with van der Waals surface area (Å²) in [6, 6.07) is 0. The van der Waals surface area contributed by atoms with Gasteiger partial charge in [0.1, 0.15) is 0 Å². The highest BCUT2D eigenvalue weighted by Crippen LogP contribution is 2.47. The molecule has 2 atom stereocenters. The van der Waals surface area contributed by atoms with Crippen molar-refractivity contribution in [3.8, 4) is 0 Å². The van der Waals surface area contributed by atoms with Crippen LogP contribution in [0.25, 0.3) is 0 Å². The molecule has 1 saturated carbocycles. The van der Waals surface area contributed by atoms with E-state index >= 15 is 0 Å². The lowest BCUT2D eigenvalue weighted by atomic mass is 9.63. The minimum atomic E-state index is 0.489. The van der Waals surface area contributed by atoms with Gasteiger partial charge in [-0.3, -0.25) is 4.90 Å². The fourth-order valence-corrected chi connectivity index (χ4v) is 4.61. The van der Waals surface area contributed by atoms with E-state index in [2.05, 4.69) is 32.6 Å². The first-order valence-electron chi connectivity index (χ1n) is 7.70. The average molecular weight is 237 g/mol. The summed E-state index contributed by atoms with van der Waals surface area (Å²) in [5.41, 5.74) is 1.04. The van der Waals surface area contributed by atoms with Crippen LogP contribution < -0.4 is 0 Å². The Bertz CT molecular complexity index is 252. The summed E-state index contributed by atoms with van der Waals surface area (Å²) >= 11 is 0. The van der Waals surface area contributed by atoms with Gasteiger partial charge < -0.3 is 0 Å². The van der Waals surface area contributed by atoms with Crippen molar-refractivity contribution in [2.75, 3.05) is 13.1 Å². The van der Waals surface area contributed by atoms with Crippen LogP contribution >= 0.6 is 0 Å². The minimum Gasteiger partial charge on any atom is -0.298 e. The van der Waals surface area contributed by atoms with Crippen LogP contribution in [0.3, 0.4) is 0 Å². The van der Waals surface area contributed by atoms with Crippen molar-refractivity contribution < 1.29 is 0 Å². The van der Waals surface area contributed by atoms with Crippen LogP contribution in [0.5, 0.6) is 0 Å². The summed E-state index contributed by atoms with van der Waals surface area (Å²) in [7, 11) is 0. The van der Waals surface area contributed by atoms with Crippen LogP contribution in [0.2, 0.25) is 0 Å². The molecular formula is C16H31N. The molecule has 0 amide bonds. The van der Waals surface area contributed by atoms with Gasteiger partial charge in [0.25, 0.3) is 0 Å². The highest BCUT2D eigenvalue weighted by Gasteiger charge is 2.43. The fraction of sp³-hybridized carbons (Fsp3) is 1.00. The predicted molar refractivity (Wildman–Crippen MR) is 75.2 cm³/mol. The quantitative estimate of drug-likeness (QED) is 0.685. The minimum absolute atomic E-state index is 0.489. The van der Waals surface area contributed by atoms with Crippen molar-refractivity contribution in [3.63, 3.8) is 0 Å². The molecule has 0 aromatic heterocycles. The van der Waals surface area contributed by atoms with Gasteiger partial charge in [-0.15, -0.1) is 0 Å². The summed E-state index contributed by atoms with van der Waals surface area (Å²) in [4.78, 5) is 2.82. The van der Waals surface area contributed by atoms with Crippen LogP contribution in [-0.2, 0) is 0 Å². The Morgan fingerprint density at radius 3 is 2.24 bits per heavy atom. The van der Waals surface area contributed by atoms with Crippen LogP contribution in [0.1, 0.15) is 72.6 Å². The third-order valence-electron chi connectivity index (χ3n) is 5.13. The van der Waals surface area contributed by atoms with E-state index in [0.717, 1.165) is 5.92 Å². The van der Waals surface area contributed by atoms with Gasteiger partial charge in [-0.2, -0.15) is 0 Å². The third kappa shape index (κ3) is 3.05. The Labute approximate surface area is 108 Å². The molecule has 0 N–H and O–H groups in total. The molecular weight excluding hydrogens is 206 g/mol. The maximum Gasteiger partial charge on any atom is 0.0189 e. The monoisotopic (exact) mass is 237 g/mol. The summed E-state index contributed by atoms with van der Waals surface area (Å²) in [5, 5.41) is 0. The number of likely N-dealkylation sites (tertiary alicyclic amines) is 1. The standard InChI is InChI=1S/C16H31N/c1-5-14-11-15(2,3)13-16(4,12-14)17-9-7-6-8-10-17/h14H,5-13H2,1-4H3/t14-,16-/m1/s1. The highest BCUT2D eigenvalue weighted by molar-refractivity contribution is 4.98. The van der Waals surface area contributed by atoms with E-state index in [9.17, 15) is 0 Å². The van der Waals surface area contributed by atoms with Gasteiger partial charge >= 0.3 is 0 Å². The molecule has 1 heterocycles. The molecule has 100 valence electrons. The second-order valence-electron chi connectivity index (χ2n) is 7.57. The number of piperidine rings is 1. The van der Waals surface area contributed by atoms with Crippen molar-refractivity contribution in [1.29, 1.82) is 0 Å². The molecule has 17 heavy (non-hydrogen) atoms. The SMILES string of the molecule is CC[C@@H]1CC(C)(C)C[C@](C)(N2CCCCC2)C1. The third-order valence-corrected chi connectivity index (χ3v) is 5.13. The van der Waals surface area contributed by atoms with E-state index < -0.39 is 0 Å². The molecule has 0 bridgehead atoms. The number of rotatable bonds is 2. The number of nitrogens with zero attached hydrogens (tertiary/aromatic N) is 1. The van der Waals surface area contributed by atoms with E-state index in [1.165, 1.54) is 58.0 Å². The molecule has 2 fully saturated rings. The lowest BCUT2D eigenvalue weighted by Crippen LogP contribution is -2.54. The molecule has 1 heteroatoms. The zero-order valence-corrected chi connectivity index (χ0v) is 12.4. The summed E-state index contributed by atoms with van der Waals surface area (Å²) in [6.07, 6.45) is 9.94. The predicted octanol–water partition coefficient (Wildman–Crippen LogP) is 4.47. The topological polar surface area (TPSA) is 3.24 Å². The molecule has 1 aliphatic carbocycles. The largest absolute Gasteiger partial charge is 0.298 e. The maximum atomic E-state index is 2.82. The van der Waals surface area contributed by atoms with E-state index in [1.54, 1.807) is 0 Å². The number of hydrogen-bond donors (Lipinski definition) is 0. The highest BCUT2D eigenvalue weighted by atomic mass is 15.2. The van der Waals surface area contributed by atoms with Gasteiger partial charge in [0.15, 0.2) is 0 Å². The summed E-state index contributed by atoms with van der Waals surface area (Å²) in [5.74, 6) is 0.950. The van der Waals surface area contributed by atoms with Gasteiger partial charge in [-0.25, -0.2) is 0 Å². The molecule has 2 rings (SSSR count). The second kappa shape index (κ2) is 4.91. The van der Waals surface area contributed by atoms with Crippen LogP contribution in [0.15, 0.2) is 0 Å². The maximum absolute atomic E-state index is 2.82. The van der Waals surface area contributed by atoms with Gasteiger partial charge in [0, 0.05) is 5.54 Å². The van der Waals surface area contributed by atoms with Crippen LogP contribution in [0.4, 0.5) is 0 Å². The Morgan fingerprint density at radius 1 is 1.00 bits per heavy atom. The van der Waals surface area contributed by atoms with E-state index in [4.69, 9.17) is 0 Å². The Hall–Kier alpha value is -0.0400. The van der Waals surface area contributed by atoms with Crippen molar-refractivity contribution in [2.24, 2.45) is 11.3 Å². The molecule has 0 spiro atoms. The van der Waals surface area contributed by atoms with Crippen molar-refractivity contribution >= 4 is 0 Å². The van der Waals surface area contributed by atoms with Crippen molar-refractivity contribution in [2.45, 2.75) is 78.2 Å². The summed E-state index contributed by atoms with van der Waals surface area (Å²) in [6.45, 7) is 12.6. The number of hydrogen-bond acceptors (Lipinski definition) is 1. The zero-order chi connectivity index (χ0) is 12.5. The molecule has 0 aromatic carbocycles. The molecule has 0 unspecified atom stereocenters. The smallest absolute Gasteiger partial charge is 0.0189 e. The molecule has 1 saturated heterocycles. The Morgan fingerprint density at radius 2 is 1.65 bits per heavy atom. The normalized spacial score (nSPS) is 39.2. The Balaban J connectivity index is 2.10. The second-order valence-corrected chi connectivity index (χ2v) is 7.57. The molecule has 2 aliphatic rings. The average Bonchev–Trinajstić information content (AvgIpc) is 2.28. The Kier molecular flexibility index (Phi) is 3.87. The molecule has 0 radical (unpaired) electrons. The van der Waals surface area contributed by atoms with Gasteiger partial charge in [0.2, 0.25) is 0 Å². The summed E-state index contributed by atoms with van der Waals surface area (Å²) < 4.78 is 0. The van der Waals surface area contributed by atoms with Gasteiger partial charge in [-0.05, 0) is 63.5 Å². The van der Waals surface area contributed by atoms with E-state index in [0.29, 0.717) is 11.0 Å². The lowest BCUT2D eigenvalue weighted by molar-refractivity contribution is -0.0192. The molecule has 1 nitrogen and oxygen atoms in total. The van der Waals surface area contributed by atoms with Gasteiger partial charge in [0.05, 0.1) is 0 Å². The molecule has 1 aliphatic heterocycles. The van der Waals surface area contributed by atoms with E-state index in [-0.39, 0.29) is 0 Å². The zero-order valence-electron chi connectivity index (χ0n) is 12.4. The first-order chi connectivity index (χ1) is 7.95. The molecule has 0 aromatic rings. The first-order valence-corrected chi connectivity index (χ1v) is 7.70. The van der Waals surface area contributed by atoms with Crippen LogP contribution in [0, 0.1) is 11.3 Å². The van der Waals surface area contributed by atoms with Crippen LogP contribution in [-0.4, -0.2) is 23.5 Å². The van der Waals surface area contributed by atoms with Crippen molar-refractivity contribution in [3.05, 3.63) is 0 Å².